The molecule has 14 nitrogen and oxygen atoms in total. The molecule has 1 amide bonds. The van der Waals surface area contributed by atoms with Crippen molar-refractivity contribution in [1.29, 1.82) is 0 Å². The second-order valence-corrected chi connectivity index (χ2v) is 29.2. The summed E-state index contributed by atoms with van der Waals surface area (Å²) in [5.74, 6) is -0.242. The van der Waals surface area contributed by atoms with Crippen LogP contribution in [0.2, 0.25) is 0 Å². The van der Waals surface area contributed by atoms with Gasteiger partial charge in [-0.25, -0.2) is 0 Å². The molecule has 0 radical (unpaired) electrons. The molecule has 12 unspecified atom stereocenters. The number of hydrogen-bond donors (Lipinski definition) is 9. The van der Waals surface area contributed by atoms with Crippen LogP contribution in [0.1, 0.15) is 373 Å². The zero-order valence-corrected chi connectivity index (χ0v) is 63.0. The van der Waals surface area contributed by atoms with Gasteiger partial charge in [-0.05, 0) is 70.6 Å². The molecule has 0 aromatic carbocycles. The third-order valence-corrected chi connectivity index (χ3v) is 20.2. The molecule has 2 rings (SSSR count). The van der Waals surface area contributed by atoms with E-state index in [2.05, 4.69) is 67.8 Å². The van der Waals surface area contributed by atoms with Gasteiger partial charge in [0.1, 0.15) is 48.8 Å². The summed E-state index contributed by atoms with van der Waals surface area (Å²) in [6.45, 7) is 2.83. The molecule has 98 heavy (non-hydrogen) atoms. The van der Waals surface area contributed by atoms with Crippen molar-refractivity contribution in [3.8, 4) is 0 Å². The fourth-order valence-electron chi connectivity index (χ4n) is 13.6. The molecular weight excluding hydrogens is 1230 g/mol. The van der Waals surface area contributed by atoms with Gasteiger partial charge in [0, 0.05) is 6.42 Å². The lowest BCUT2D eigenvalue weighted by atomic mass is 9.97. The fourth-order valence-corrected chi connectivity index (χ4v) is 13.6. The molecule has 2 aliphatic heterocycles. The van der Waals surface area contributed by atoms with E-state index in [1.165, 1.54) is 295 Å². The van der Waals surface area contributed by atoms with Crippen LogP contribution >= 0.6 is 0 Å². The fraction of sp³-hybridized carbons (Fsp3) is 0.869. The zero-order valence-electron chi connectivity index (χ0n) is 63.0. The molecule has 9 N–H and O–H groups in total. The number of aliphatic hydroxyl groups is 8. The third-order valence-electron chi connectivity index (χ3n) is 20.2. The Morgan fingerprint density at radius 3 is 1.07 bits per heavy atom. The molecule has 2 saturated heterocycles. The highest BCUT2D eigenvalue weighted by Crippen LogP contribution is 2.30. The largest absolute Gasteiger partial charge is 0.394 e. The van der Waals surface area contributed by atoms with Crippen LogP contribution in [0.3, 0.4) is 0 Å². The van der Waals surface area contributed by atoms with Crippen molar-refractivity contribution in [3.63, 3.8) is 0 Å². The maximum Gasteiger partial charge on any atom is 0.220 e. The summed E-state index contributed by atoms with van der Waals surface area (Å²) in [5.41, 5.74) is 0. The van der Waals surface area contributed by atoms with E-state index >= 15 is 0 Å². The molecule has 0 saturated carbocycles. The molecule has 2 aliphatic rings. The minimum absolute atomic E-state index is 0.242. The minimum Gasteiger partial charge on any atom is -0.394 e. The molecule has 2 heterocycles. The molecule has 0 aliphatic carbocycles. The van der Waals surface area contributed by atoms with Crippen LogP contribution in [0.5, 0.6) is 0 Å². The highest BCUT2D eigenvalue weighted by atomic mass is 16.7. The number of allylic oxidation sites excluding steroid dienone is 9. The topological polar surface area (TPSA) is 228 Å². The Kier molecular flexibility index (Phi) is 63.5. The molecule has 2 fully saturated rings. The number of rotatable bonds is 70. The predicted molar refractivity (Wildman–Crippen MR) is 406 cm³/mol. The molecule has 0 aromatic heterocycles. The Labute approximate surface area is 600 Å². The molecule has 0 aromatic rings. The first kappa shape index (κ1) is 91.8. The molecule has 574 valence electrons. The molecule has 0 spiro atoms. The average Bonchev–Trinajstić information content (AvgIpc) is 0.793. The Hall–Kier alpha value is -2.31. The smallest absolute Gasteiger partial charge is 0.220 e. The van der Waals surface area contributed by atoms with Crippen molar-refractivity contribution in [2.75, 3.05) is 19.8 Å². The van der Waals surface area contributed by atoms with Gasteiger partial charge in [-0.2, -0.15) is 0 Å². The van der Waals surface area contributed by atoms with Crippen molar-refractivity contribution in [2.45, 2.75) is 447 Å². The first-order valence-corrected chi connectivity index (χ1v) is 41.5. The predicted octanol–water partition coefficient (Wildman–Crippen LogP) is 19.1. The summed E-state index contributed by atoms with van der Waals surface area (Å²) in [7, 11) is 0. The number of aliphatic hydroxyl groups excluding tert-OH is 8. The summed E-state index contributed by atoms with van der Waals surface area (Å²) in [6, 6.07) is -0.933. The molecule has 12 atom stereocenters. The van der Waals surface area contributed by atoms with E-state index < -0.39 is 86.8 Å². The van der Waals surface area contributed by atoms with E-state index in [0.717, 1.165) is 44.9 Å². The van der Waals surface area contributed by atoms with Crippen LogP contribution in [0.15, 0.2) is 60.8 Å². The van der Waals surface area contributed by atoms with Gasteiger partial charge in [-0.3, -0.25) is 4.79 Å². The van der Waals surface area contributed by atoms with Gasteiger partial charge in [0.15, 0.2) is 12.6 Å². The summed E-state index contributed by atoms with van der Waals surface area (Å²) in [4.78, 5) is 13.4. The monoisotopic (exact) mass is 1390 g/mol. The maximum absolute atomic E-state index is 13.4. The SMILES string of the molecule is CCCCCCC/C=C\C/C=C\C/C=C\CCCCCCCCCCCCCCCCCCCCCCCCCCC(=O)NC(COC1OC(CO)C(OC2OC(CO)C(O)C(O)C2O)C(O)C1O)C(O)/C=C/CC/C=C/CCCCCCCCCCCCCCCCCCCCC. The number of hydrogen-bond acceptors (Lipinski definition) is 13. The van der Waals surface area contributed by atoms with Gasteiger partial charge in [-0.15, -0.1) is 0 Å². The number of carbonyl (C=O) groups is 1. The normalized spacial score (nSPS) is 22.3. The number of unbranched alkanes of at least 4 members (excludes halogenated alkanes) is 49. The van der Waals surface area contributed by atoms with Crippen molar-refractivity contribution in [3.05, 3.63) is 60.8 Å². The van der Waals surface area contributed by atoms with Crippen molar-refractivity contribution < 1.29 is 64.6 Å². The van der Waals surface area contributed by atoms with E-state index in [1.807, 2.05) is 6.08 Å². The van der Waals surface area contributed by atoms with Gasteiger partial charge in [-0.1, -0.05) is 357 Å². The summed E-state index contributed by atoms with van der Waals surface area (Å²) in [6.07, 6.45) is 76.1. The van der Waals surface area contributed by atoms with E-state index in [9.17, 15) is 45.6 Å². The lowest BCUT2D eigenvalue weighted by molar-refractivity contribution is -0.359. The number of amides is 1. The van der Waals surface area contributed by atoms with Gasteiger partial charge in [0.05, 0.1) is 32.0 Å². The summed E-state index contributed by atoms with van der Waals surface area (Å²) < 4.78 is 22.9. The lowest BCUT2D eigenvalue weighted by Gasteiger charge is -2.46. The van der Waals surface area contributed by atoms with Crippen LogP contribution in [0, 0.1) is 0 Å². The van der Waals surface area contributed by atoms with Gasteiger partial charge in [0.2, 0.25) is 5.91 Å². The summed E-state index contributed by atoms with van der Waals surface area (Å²) in [5, 5.41) is 87.7. The van der Waals surface area contributed by atoms with Crippen LogP contribution in [-0.4, -0.2) is 140 Å². The van der Waals surface area contributed by atoms with Crippen molar-refractivity contribution in [1.82, 2.24) is 5.32 Å². The van der Waals surface area contributed by atoms with Gasteiger partial charge < -0.3 is 65.1 Å². The quantitative estimate of drug-likeness (QED) is 0.0204. The minimum atomic E-state index is -1.79. The zero-order chi connectivity index (χ0) is 70.8. The maximum atomic E-state index is 13.4. The average molecular weight is 1390 g/mol. The molecular formula is C84H155NO13. The Bertz CT molecular complexity index is 1880. The second kappa shape index (κ2) is 67.8. The first-order valence-electron chi connectivity index (χ1n) is 41.5. The second-order valence-electron chi connectivity index (χ2n) is 29.2. The molecule has 0 bridgehead atoms. The van der Waals surface area contributed by atoms with Crippen molar-refractivity contribution in [2.24, 2.45) is 0 Å². The van der Waals surface area contributed by atoms with E-state index in [1.54, 1.807) is 6.08 Å². The highest BCUT2D eigenvalue weighted by Gasteiger charge is 2.51. The third kappa shape index (κ3) is 50.2. The van der Waals surface area contributed by atoms with Crippen molar-refractivity contribution >= 4 is 5.91 Å². The summed E-state index contributed by atoms with van der Waals surface area (Å²) >= 11 is 0. The lowest BCUT2D eigenvalue weighted by Crippen LogP contribution is -2.65. The molecule has 14 heteroatoms. The Morgan fingerprint density at radius 1 is 0.367 bits per heavy atom. The van der Waals surface area contributed by atoms with Crippen LogP contribution in [0.4, 0.5) is 0 Å². The van der Waals surface area contributed by atoms with Crippen LogP contribution in [-0.2, 0) is 23.7 Å². The van der Waals surface area contributed by atoms with Crippen LogP contribution in [0.25, 0.3) is 0 Å². The Morgan fingerprint density at radius 2 is 0.684 bits per heavy atom. The van der Waals surface area contributed by atoms with E-state index in [4.69, 9.17) is 18.9 Å². The number of carbonyl (C=O) groups excluding carboxylic acids is 1. The standard InChI is InChI=1S/C84H155NO13/c1-3-5-7-9-11-13-15-17-19-21-23-25-27-29-30-31-32-33-34-35-36-37-38-39-40-41-42-44-46-48-50-52-54-56-58-60-62-64-66-68-76(89)85-72(71-95-83-81(94)79(92)82(75(70-87)97-83)98-84-80(93)78(91)77(90)74(69-86)96-84)73(88)67-65-63-61-59-57-55-53-51-49-47-45-43-28-26-24-22-20-18-16-14-12-10-8-6-4-2/h15,17,21,23,27,29,57,59,65,67,72-75,77-84,86-88,90-94H,3-14,16,18-20,22,24-26,28,30-56,58,60-64,66,68-71H2,1-2H3,(H,85,89)/b17-15-,23-21-,29-27-,59-57+,67-65+. The first-order chi connectivity index (χ1) is 48.1. The Balaban J connectivity index is 1.59. The number of ether oxygens (including phenoxy) is 4. The van der Waals surface area contributed by atoms with Gasteiger partial charge >= 0.3 is 0 Å². The number of nitrogens with one attached hydrogen (secondary N) is 1. The van der Waals surface area contributed by atoms with E-state index in [0.29, 0.717) is 12.8 Å². The highest BCUT2D eigenvalue weighted by molar-refractivity contribution is 5.76. The van der Waals surface area contributed by atoms with E-state index in [-0.39, 0.29) is 18.9 Å². The van der Waals surface area contributed by atoms with Gasteiger partial charge in [0.25, 0.3) is 0 Å². The van der Waals surface area contributed by atoms with Crippen LogP contribution < -0.4 is 5.32 Å².